The molecule has 0 aromatic carbocycles. The first-order valence-electron chi connectivity index (χ1n) is 5.78. The summed E-state index contributed by atoms with van der Waals surface area (Å²) in [6.07, 6.45) is 2.32. The van der Waals surface area contributed by atoms with Crippen molar-refractivity contribution in [2.45, 2.75) is 33.6 Å². The summed E-state index contributed by atoms with van der Waals surface area (Å²) in [6, 6.07) is 0. The van der Waals surface area contributed by atoms with Crippen LogP contribution in [0.5, 0.6) is 0 Å². The fourth-order valence-electron chi connectivity index (χ4n) is 2.03. The lowest BCUT2D eigenvalue weighted by Gasteiger charge is -2.37. The molecule has 0 aromatic rings. The van der Waals surface area contributed by atoms with Gasteiger partial charge >= 0.3 is 0 Å². The number of hydrogen-bond acceptors (Lipinski definition) is 2. The molecule has 1 saturated heterocycles. The number of piperidine rings is 1. The van der Waals surface area contributed by atoms with Gasteiger partial charge < -0.3 is 9.64 Å². The molecule has 1 heterocycles. The normalized spacial score (nSPS) is 19.3. The molecular weight excluding hydrogens is 188 g/mol. The van der Waals surface area contributed by atoms with Crippen LogP contribution in [-0.2, 0) is 4.74 Å². The highest BCUT2D eigenvalue weighted by atomic mass is 16.5. The quantitative estimate of drug-likeness (QED) is 0.563. The Labute approximate surface area is 93.3 Å². The van der Waals surface area contributed by atoms with Crippen LogP contribution in [0.25, 0.3) is 0 Å². The predicted molar refractivity (Wildman–Crippen MR) is 63.4 cm³/mol. The van der Waals surface area contributed by atoms with Crippen LogP contribution in [0.2, 0.25) is 0 Å². The van der Waals surface area contributed by atoms with Gasteiger partial charge in [0.25, 0.3) is 0 Å². The SMILES string of the molecule is COCC1CCN(C(=N)C(C)(C)C)CC1. The number of nitrogens with one attached hydrogen (secondary N) is 1. The maximum atomic E-state index is 8.10. The van der Waals surface area contributed by atoms with E-state index in [4.69, 9.17) is 10.1 Å². The molecule has 1 N–H and O–H groups in total. The van der Waals surface area contributed by atoms with E-state index in [0.717, 1.165) is 38.4 Å². The van der Waals surface area contributed by atoms with E-state index in [2.05, 4.69) is 25.7 Å². The second kappa shape index (κ2) is 4.97. The van der Waals surface area contributed by atoms with Crippen molar-refractivity contribution in [3.8, 4) is 0 Å². The van der Waals surface area contributed by atoms with Crippen LogP contribution >= 0.6 is 0 Å². The van der Waals surface area contributed by atoms with Gasteiger partial charge in [-0.1, -0.05) is 20.8 Å². The highest BCUT2D eigenvalue weighted by Gasteiger charge is 2.27. The lowest BCUT2D eigenvalue weighted by Crippen LogP contribution is -2.44. The summed E-state index contributed by atoms with van der Waals surface area (Å²) in [5.41, 5.74) is -0.0197. The van der Waals surface area contributed by atoms with Gasteiger partial charge in [-0.05, 0) is 18.8 Å². The van der Waals surface area contributed by atoms with Gasteiger partial charge in [0.1, 0.15) is 5.84 Å². The summed E-state index contributed by atoms with van der Waals surface area (Å²) in [7, 11) is 1.77. The van der Waals surface area contributed by atoms with Crippen molar-refractivity contribution >= 4 is 5.84 Å². The molecule has 1 rings (SSSR count). The van der Waals surface area contributed by atoms with E-state index in [-0.39, 0.29) is 5.41 Å². The van der Waals surface area contributed by atoms with E-state index in [1.54, 1.807) is 7.11 Å². The first-order chi connectivity index (χ1) is 6.95. The summed E-state index contributed by atoms with van der Waals surface area (Å²) in [5, 5.41) is 8.10. The molecule has 3 nitrogen and oxygen atoms in total. The number of amidine groups is 1. The minimum atomic E-state index is -0.0197. The van der Waals surface area contributed by atoms with Crippen molar-refractivity contribution in [3.63, 3.8) is 0 Å². The standard InChI is InChI=1S/C12H24N2O/c1-12(2,3)11(13)14-7-5-10(6-8-14)9-15-4/h10,13H,5-9H2,1-4H3. The van der Waals surface area contributed by atoms with E-state index in [1.165, 1.54) is 0 Å². The summed E-state index contributed by atoms with van der Waals surface area (Å²) in [6.45, 7) is 9.23. The fraction of sp³-hybridized carbons (Fsp3) is 0.917. The van der Waals surface area contributed by atoms with Gasteiger partial charge in [-0.15, -0.1) is 0 Å². The van der Waals surface area contributed by atoms with Crippen LogP contribution in [-0.4, -0.2) is 37.5 Å². The van der Waals surface area contributed by atoms with E-state index < -0.39 is 0 Å². The fourth-order valence-corrected chi connectivity index (χ4v) is 2.03. The van der Waals surface area contributed by atoms with Crippen LogP contribution in [0.3, 0.4) is 0 Å². The largest absolute Gasteiger partial charge is 0.384 e. The molecule has 0 unspecified atom stereocenters. The van der Waals surface area contributed by atoms with Crippen LogP contribution in [0, 0.1) is 16.7 Å². The molecule has 1 fully saturated rings. The van der Waals surface area contributed by atoms with Gasteiger partial charge in [0.05, 0.1) is 0 Å². The van der Waals surface area contributed by atoms with Gasteiger partial charge in [-0.25, -0.2) is 0 Å². The van der Waals surface area contributed by atoms with E-state index in [9.17, 15) is 0 Å². The topological polar surface area (TPSA) is 36.3 Å². The Balaban J connectivity index is 2.41. The maximum absolute atomic E-state index is 8.10. The maximum Gasteiger partial charge on any atom is 0.101 e. The minimum absolute atomic E-state index is 0.0197. The van der Waals surface area contributed by atoms with Gasteiger partial charge in [-0.2, -0.15) is 0 Å². The molecule has 3 heteroatoms. The Hall–Kier alpha value is -0.570. The molecule has 0 spiro atoms. The third-order valence-corrected chi connectivity index (χ3v) is 3.04. The zero-order valence-corrected chi connectivity index (χ0v) is 10.5. The smallest absolute Gasteiger partial charge is 0.101 e. The second-order valence-corrected chi connectivity index (χ2v) is 5.48. The molecule has 0 atom stereocenters. The lowest BCUT2D eigenvalue weighted by atomic mass is 9.91. The summed E-state index contributed by atoms with van der Waals surface area (Å²) >= 11 is 0. The van der Waals surface area contributed by atoms with Gasteiger partial charge in [0.2, 0.25) is 0 Å². The van der Waals surface area contributed by atoms with Crippen molar-refractivity contribution in [2.75, 3.05) is 26.8 Å². The summed E-state index contributed by atoms with van der Waals surface area (Å²) in [5.74, 6) is 1.47. The van der Waals surface area contributed by atoms with Gasteiger partial charge in [-0.3, -0.25) is 5.41 Å². The predicted octanol–water partition coefficient (Wildman–Crippen LogP) is 2.37. The molecule has 0 bridgehead atoms. The Bertz CT molecular complexity index is 212. The molecule has 0 aromatic heterocycles. The number of rotatable bonds is 2. The Morgan fingerprint density at radius 2 is 1.87 bits per heavy atom. The van der Waals surface area contributed by atoms with Crippen molar-refractivity contribution in [3.05, 3.63) is 0 Å². The molecule has 88 valence electrons. The zero-order valence-electron chi connectivity index (χ0n) is 10.5. The van der Waals surface area contributed by atoms with Crippen LogP contribution < -0.4 is 0 Å². The number of hydrogen-bond donors (Lipinski definition) is 1. The lowest BCUT2D eigenvalue weighted by molar-refractivity contribution is 0.117. The number of likely N-dealkylation sites (tertiary alicyclic amines) is 1. The Morgan fingerprint density at radius 1 is 1.33 bits per heavy atom. The summed E-state index contributed by atoms with van der Waals surface area (Å²) in [4.78, 5) is 2.21. The van der Waals surface area contributed by atoms with Crippen LogP contribution in [0.15, 0.2) is 0 Å². The first-order valence-corrected chi connectivity index (χ1v) is 5.78. The zero-order chi connectivity index (χ0) is 11.5. The molecule has 0 saturated carbocycles. The minimum Gasteiger partial charge on any atom is -0.384 e. The molecule has 1 aliphatic rings. The van der Waals surface area contributed by atoms with Gasteiger partial charge in [0.15, 0.2) is 0 Å². The van der Waals surface area contributed by atoms with E-state index in [1.807, 2.05) is 0 Å². The van der Waals surface area contributed by atoms with Crippen molar-refractivity contribution in [1.82, 2.24) is 4.90 Å². The molecule has 1 aliphatic heterocycles. The van der Waals surface area contributed by atoms with E-state index in [0.29, 0.717) is 5.92 Å². The third kappa shape index (κ3) is 3.49. The molecule has 0 amide bonds. The molecule has 0 radical (unpaired) electrons. The van der Waals surface area contributed by atoms with Crippen LogP contribution in [0.1, 0.15) is 33.6 Å². The monoisotopic (exact) mass is 212 g/mol. The Morgan fingerprint density at radius 3 is 2.27 bits per heavy atom. The highest BCUT2D eigenvalue weighted by Crippen LogP contribution is 2.23. The van der Waals surface area contributed by atoms with Crippen molar-refractivity contribution in [2.24, 2.45) is 11.3 Å². The third-order valence-electron chi connectivity index (χ3n) is 3.04. The van der Waals surface area contributed by atoms with Crippen molar-refractivity contribution < 1.29 is 4.74 Å². The highest BCUT2D eigenvalue weighted by molar-refractivity contribution is 5.84. The average Bonchev–Trinajstić information content (AvgIpc) is 2.17. The Kier molecular flexibility index (Phi) is 4.14. The molecule has 0 aliphatic carbocycles. The van der Waals surface area contributed by atoms with Crippen molar-refractivity contribution in [1.29, 1.82) is 5.41 Å². The second-order valence-electron chi connectivity index (χ2n) is 5.48. The van der Waals surface area contributed by atoms with Gasteiger partial charge in [0, 0.05) is 32.2 Å². The molecular formula is C12H24N2O. The number of methoxy groups -OCH3 is 1. The number of nitrogens with zero attached hydrogens (tertiary/aromatic N) is 1. The summed E-state index contributed by atoms with van der Waals surface area (Å²) < 4.78 is 5.17. The van der Waals surface area contributed by atoms with Crippen LogP contribution in [0.4, 0.5) is 0 Å². The van der Waals surface area contributed by atoms with E-state index >= 15 is 0 Å². The number of ether oxygens (including phenoxy) is 1. The average molecular weight is 212 g/mol. The molecule has 15 heavy (non-hydrogen) atoms. The first kappa shape index (κ1) is 12.5.